The first-order chi connectivity index (χ1) is 32.6. The Bertz CT molecular complexity index is 2600. The van der Waals surface area contributed by atoms with E-state index in [-0.39, 0.29) is 0 Å². The summed E-state index contributed by atoms with van der Waals surface area (Å²) in [6.45, 7) is 4.24. The van der Waals surface area contributed by atoms with Crippen LogP contribution in [0.25, 0.3) is 11.1 Å². The third-order valence-electron chi connectivity index (χ3n) is 11.9. The van der Waals surface area contributed by atoms with Crippen molar-refractivity contribution in [3.63, 3.8) is 0 Å². The zero-order valence-corrected chi connectivity index (χ0v) is 38.4. The summed E-state index contributed by atoms with van der Waals surface area (Å²) >= 11 is 0. The van der Waals surface area contributed by atoms with Gasteiger partial charge in [-0.1, -0.05) is 204 Å². The molecule has 0 heterocycles. The smallest absolute Gasteiger partial charge is 0.0462 e. The highest BCUT2D eigenvalue weighted by molar-refractivity contribution is 5.80. The zero-order valence-electron chi connectivity index (χ0n) is 38.4. The van der Waals surface area contributed by atoms with Gasteiger partial charge in [-0.05, 0) is 147 Å². The van der Waals surface area contributed by atoms with Gasteiger partial charge in [-0.15, -0.1) is 0 Å². The number of aryl methyl sites for hydroxylation is 2. The first kappa shape index (κ1) is 44.9. The van der Waals surface area contributed by atoms with Gasteiger partial charge in [0.2, 0.25) is 0 Å². The van der Waals surface area contributed by atoms with Crippen LogP contribution in [-0.2, 0) is 12.8 Å². The minimum atomic E-state index is 1.12. The van der Waals surface area contributed by atoms with E-state index in [4.69, 9.17) is 0 Å². The number of benzene rings is 8. The normalized spacial score (nSPS) is 12.6. The molecule has 0 atom stereocenters. The highest BCUT2D eigenvalue weighted by Gasteiger charge is 2.14. The fraction of sp³-hybridized carbons (Fsp3) is 0.125. The Morgan fingerprint density at radius 2 is 0.606 bits per heavy atom. The third-order valence-corrected chi connectivity index (χ3v) is 11.9. The van der Waals surface area contributed by atoms with Gasteiger partial charge in [-0.25, -0.2) is 0 Å². The molecule has 0 radical (unpaired) electrons. The Labute approximate surface area is 393 Å². The molecule has 8 aromatic carbocycles. The van der Waals surface area contributed by atoms with Crippen LogP contribution in [0.5, 0.6) is 0 Å². The average Bonchev–Trinajstić information content (AvgIpc) is 3.38. The Morgan fingerprint density at radius 1 is 0.318 bits per heavy atom. The minimum absolute atomic E-state index is 1.12. The summed E-state index contributed by atoms with van der Waals surface area (Å²) in [7, 11) is 0. The van der Waals surface area contributed by atoms with Crippen molar-refractivity contribution in [1.82, 2.24) is 0 Å². The summed E-state index contributed by atoms with van der Waals surface area (Å²) in [5, 5.41) is 0. The van der Waals surface area contributed by atoms with Gasteiger partial charge >= 0.3 is 0 Å². The van der Waals surface area contributed by atoms with E-state index in [9.17, 15) is 0 Å². The highest BCUT2D eigenvalue weighted by atomic mass is 15.1. The second-order valence-corrected chi connectivity index (χ2v) is 17.0. The molecular weight excluding hydrogens is 797 g/mol. The van der Waals surface area contributed by atoms with Crippen LogP contribution >= 0.6 is 0 Å². The zero-order chi connectivity index (χ0) is 45.2. The van der Waals surface area contributed by atoms with Crippen LogP contribution in [-0.4, -0.2) is 0 Å². The number of hydrogen-bond donors (Lipinski definition) is 0. The molecule has 66 heavy (non-hydrogen) atoms. The molecule has 2 aliphatic carbocycles. The van der Waals surface area contributed by atoms with E-state index in [2.05, 4.69) is 278 Å². The quantitative estimate of drug-likeness (QED) is 0.128. The van der Waals surface area contributed by atoms with Gasteiger partial charge in [-0.2, -0.15) is 0 Å². The SMILES string of the molecule is C1=CCCC(Cc2ccccc2)=C1.C1=CCCC(Cc2ccccc2)=C1.Cc1ccc(N(c2ccccc2)c2ccc(-c3ccc(N(c4ccccc4)c4ccc(C)cc4)cc3)cc2)cc1. The van der Waals surface area contributed by atoms with Crippen LogP contribution in [0.4, 0.5) is 34.1 Å². The van der Waals surface area contributed by atoms with Crippen molar-refractivity contribution in [3.8, 4) is 11.1 Å². The van der Waals surface area contributed by atoms with Crippen LogP contribution in [0, 0.1) is 13.8 Å². The first-order valence-corrected chi connectivity index (χ1v) is 23.4. The van der Waals surface area contributed by atoms with E-state index in [0.717, 1.165) is 47.0 Å². The monoisotopic (exact) mass is 856 g/mol. The molecule has 2 heteroatoms. The van der Waals surface area contributed by atoms with Crippen LogP contribution in [0.3, 0.4) is 0 Å². The molecule has 326 valence electrons. The van der Waals surface area contributed by atoms with Crippen LogP contribution in [0.1, 0.15) is 47.9 Å². The first-order valence-electron chi connectivity index (χ1n) is 23.4. The van der Waals surface area contributed by atoms with E-state index < -0.39 is 0 Å². The summed E-state index contributed by atoms with van der Waals surface area (Å²) in [5.74, 6) is 0. The van der Waals surface area contributed by atoms with Crippen molar-refractivity contribution >= 4 is 34.1 Å². The van der Waals surface area contributed by atoms with E-state index >= 15 is 0 Å². The molecule has 0 unspecified atom stereocenters. The third kappa shape index (κ3) is 12.7. The number of nitrogens with zero attached hydrogens (tertiary/aromatic N) is 2. The van der Waals surface area contributed by atoms with Crippen molar-refractivity contribution < 1.29 is 0 Å². The predicted molar refractivity (Wildman–Crippen MR) is 284 cm³/mol. The summed E-state index contributed by atoms with van der Waals surface area (Å²) in [4.78, 5) is 4.59. The van der Waals surface area contributed by atoms with Crippen LogP contribution in [0.15, 0.2) is 266 Å². The molecule has 0 amide bonds. The van der Waals surface area contributed by atoms with Crippen LogP contribution < -0.4 is 9.80 Å². The Morgan fingerprint density at radius 3 is 0.909 bits per heavy atom. The van der Waals surface area contributed by atoms with Gasteiger partial charge in [0, 0.05) is 34.1 Å². The fourth-order valence-corrected chi connectivity index (χ4v) is 8.36. The molecule has 2 nitrogen and oxygen atoms in total. The summed E-state index contributed by atoms with van der Waals surface area (Å²) < 4.78 is 0. The minimum Gasteiger partial charge on any atom is -0.311 e. The van der Waals surface area contributed by atoms with Gasteiger partial charge in [0.1, 0.15) is 0 Å². The molecular formula is C64H60N2. The molecule has 0 N–H and O–H groups in total. The lowest BCUT2D eigenvalue weighted by Crippen LogP contribution is -2.10. The molecule has 0 bridgehead atoms. The van der Waals surface area contributed by atoms with Crippen molar-refractivity contribution in [3.05, 3.63) is 288 Å². The van der Waals surface area contributed by atoms with Crippen molar-refractivity contribution in [2.75, 3.05) is 9.80 Å². The van der Waals surface area contributed by atoms with Gasteiger partial charge in [0.15, 0.2) is 0 Å². The number of anilines is 6. The van der Waals surface area contributed by atoms with Gasteiger partial charge < -0.3 is 9.80 Å². The average molecular weight is 857 g/mol. The topological polar surface area (TPSA) is 6.48 Å². The molecule has 10 rings (SSSR count). The lowest BCUT2D eigenvalue weighted by Gasteiger charge is -2.26. The molecule has 2 aliphatic rings. The fourth-order valence-electron chi connectivity index (χ4n) is 8.36. The Balaban J connectivity index is 0.000000183. The summed E-state index contributed by atoms with van der Waals surface area (Å²) in [5.41, 5.74) is 17.7. The molecule has 0 saturated heterocycles. The standard InChI is InChI=1S/C38H32N2.2C13H14/c1-29-13-21-35(22-14-29)39(33-9-5-3-6-10-33)37-25-17-31(18-26-37)32-19-27-38(28-20-32)40(34-11-7-4-8-12-34)36-23-15-30(2)16-24-36;2*1-3-7-12(8-4-1)11-13-9-5-2-6-10-13/h3-28H,1-2H3;2*1-5,7-9H,6,10-11H2. The molecule has 0 aromatic heterocycles. The lowest BCUT2D eigenvalue weighted by atomic mass is 9.98. The Kier molecular flexibility index (Phi) is 15.9. The van der Waals surface area contributed by atoms with Crippen molar-refractivity contribution in [2.24, 2.45) is 0 Å². The van der Waals surface area contributed by atoms with Crippen molar-refractivity contribution in [2.45, 2.75) is 52.4 Å². The van der Waals surface area contributed by atoms with E-state index in [1.807, 2.05) is 0 Å². The molecule has 0 fully saturated rings. The summed E-state index contributed by atoms with van der Waals surface area (Å²) in [6, 6.07) is 77.5. The lowest BCUT2D eigenvalue weighted by molar-refractivity contribution is 0.911. The van der Waals surface area contributed by atoms with E-state index in [1.165, 1.54) is 59.1 Å². The number of hydrogen-bond acceptors (Lipinski definition) is 2. The Hall–Kier alpha value is -7.68. The highest BCUT2D eigenvalue weighted by Crippen LogP contribution is 2.38. The predicted octanol–water partition coefficient (Wildman–Crippen LogP) is 17.9. The molecule has 0 saturated carbocycles. The van der Waals surface area contributed by atoms with E-state index in [0.29, 0.717) is 0 Å². The number of allylic oxidation sites excluding steroid dienone is 8. The summed E-state index contributed by atoms with van der Waals surface area (Å²) in [6.07, 6.45) is 20.4. The van der Waals surface area contributed by atoms with Crippen molar-refractivity contribution in [1.29, 1.82) is 0 Å². The maximum absolute atomic E-state index is 2.30. The number of para-hydroxylation sites is 2. The van der Waals surface area contributed by atoms with Gasteiger partial charge in [0.05, 0.1) is 0 Å². The van der Waals surface area contributed by atoms with E-state index in [1.54, 1.807) is 11.1 Å². The van der Waals surface area contributed by atoms with Gasteiger partial charge in [-0.3, -0.25) is 0 Å². The van der Waals surface area contributed by atoms with Crippen LogP contribution in [0.2, 0.25) is 0 Å². The maximum Gasteiger partial charge on any atom is 0.0462 e. The van der Waals surface area contributed by atoms with Gasteiger partial charge in [0.25, 0.3) is 0 Å². The molecule has 0 spiro atoms. The molecule has 0 aliphatic heterocycles. The second-order valence-electron chi connectivity index (χ2n) is 17.0. The number of rotatable bonds is 11. The maximum atomic E-state index is 2.30. The second kappa shape index (κ2) is 23.3. The molecule has 8 aromatic rings. The largest absolute Gasteiger partial charge is 0.311 e.